The van der Waals surface area contributed by atoms with E-state index in [0.29, 0.717) is 22.7 Å². The molecule has 0 fully saturated rings. The Morgan fingerprint density at radius 1 is 1.13 bits per heavy atom. The van der Waals surface area contributed by atoms with Crippen LogP contribution in [0.25, 0.3) is 10.9 Å². The van der Waals surface area contributed by atoms with E-state index in [-0.39, 0.29) is 29.4 Å². The Hall–Kier alpha value is -2.69. The zero-order valence-corrected chi connectivity index (χ0v) is 16.5. The van der Waals surface area contributed by atoms with Gasteiger partial charge in [0, 0.05) is 23.6 Å². The number of halogens is 6. The van der Waals surface area contributed by atoms with Crippen molar-refractivity contribution in [1.82, 2.24) is 14.9 Å². The van der Waals surface area contributed by atoms with E-state index in [4.69, 9.17) is 0 Å². The minimum atomic E-state index is -4.69. The maximum atomic E-state index is 13.9. The molecule has 0 unspecified atom stereocenters. The summed E-state index contributed by atoms with van der Waals surface area (Å²) in [6, 6.07) is 6.66. The molecule has 164 valence electrons. The van der Waals surface area contributed by atoms with Gasteiger partial charge in [-0.3, -0.25) is 4.79 Å². The molecule has 1 amide bonds. The monoisotopic (exact) mass is 459 g/mol. The first-order chi connectivity index (χ1) is 14.6. The van der Waals surface area contributed by atoms with Crippen molar-refractivity contribution < 1.29 is 31.1 Å². The Kier molecular flexibility index (Phi) is 5.40. The molecule has 1 N–H and O–H groups in total. The molecule has 1 aliphatic rings. The van der Waals surface area contributed by atoms with Crippen LogP contribution >= 0.6 is 11.8 Å². The molecule has 1 atom stereocenters. The predicted molar refractivity (Wildman–Crippen MR) is 102 cm³/mol. The van der Waals surface area contributed by atoms with Gasteiger partial charge in [-0.1, -0.05) is 30.0 Å². The van der Waals surface area contributed by atoms with Gasteiger partial charge in [-0.05, 0) is 30.2 Å². The van der Waals surface area contributed by atoms with Gasteiger partial charge < -0.3 is 9.88 Å². The minimum absolute atomic E-state index is 0.0500. The van der Waals surface area contributed by atoms with Gasteiger partial charge >= 0.3 is 12.4 Å². The fourth-order valence-electron chi connectivity index (χ4n) is 3.70. The maximum absolute atomic E-state index is 13.9. The van der Waals surface area contributed by atoms with Crippen molar-refractivity contribution in [1.29, 1.82) is 0 Å². The first-order valence-electron chi connectivity index (χ1n) is 9.17. The fraction of sp³-hybridized carbons (Fsp3) is 0.300. The normalized spacial score (nSPS) is 17.1. The van der Waals surface area contributed by atoms with Crippen molar-refractivity contribution in [3.8, 4) is 0 Å². The van der Waals surface area contributed by atoms with E-state index in [2.05, 4.69) is 9.97 Å². The molecule has 0 saturated heterocycles. The van der Waals surface area contributed by atoms with E-state index in [9.17, 15) is 31.1 Å². The summed E-state index contributed by atoms with van der Waals surface area (Å²) in [4.78, 5) is 19.9. The number of para-hydroxylation sites is 1. The standard InChI is InChI=1S/C20H15F6N3OS/c21-19(22,23)11-5-6-15(27-9-11)31-10-16(30)29-8-7-13-12-3-1-2-4-14(12)28-17(13)18(29)20(24,25)26/h1-6,9,18,28H,7-8,10H2/t18-/m1/s1. The van der Waals surface area contributed by atoms with Gasteiger partial charge in [0.1, 0.15) is 0 Å². The van der Waals surface area contributed by atoms with Crippen LogP contribution in [0.3, 0.4) is 0 Å². The molecular weight excluding hydrogens is 444 g/mol. The fourth-order valence-corrected chi connectivity index (χ4v) is 4.43. The number of benzene rings is 1. The topological polar surface area (TPSA) is 49.0 Å². The molecule has 11 heteroatoms. The summed E-state index contributed by atoms with van der Waals surface area (Å²) < 4.78 is 79.7. The molecule has 3 aromatic rings. The van der Waals surface area contributed by atoms with E-state index in [0.717, 1.165) is 28.8 Å². The summed E-state index contributed by atoms with van der Waals surface area (Å²) >= 11 is 0.793. The Bertz CT molecular complexity index is 1110. The lowest BCUT2D eigenvalue weighted by atomic mass is 9.97. The SMILES string of the molecule is O=C(CSc1ccc(C(F)(F)F)cn1)N1CCc2c([nH]c3ccccc23)[C@@H]1C(F)(F)F. The van der Waals surface area contributed by atoms with Gasteiger partial charge in [0.2, 0.25) is 5.91 Å². The number of hydrogen-bond acceptors (Lipinski definition) is 3. The Labute approximate surface area is 176 Å². The van der Waals surface area contributed by atoms with Crippen LogP contribution in [0, 0.1) is 0 Å². The number of nitrogens with zero attached hydrogens (tertiary/aromatic N) is 2. The highest BCUT2D eigenvalue weighted by atomic mass is 32.2. The number of rotatable bonds is 3. The Morgan fingerprint density at radius 3 is 2.52 bits per heavy atom. The number of H-pyrrole nitrogens is 1. The van der Waals surface area contributed by atoms with Crippen LogP contribution in [0.4, 0.5) is 26.3 Å². The second-order valence-corrected chi connectivity index (χ2v) is 8.01. The Morgan fingerprint density at radius 2 is 1.87 bits per heavy atom. The van der Waals surface area contributed by atoms with E-state index in [1.807, 2.05) is 0 Å². The zero-order chi connectivity index (χ0) is 22.4. The number of amides is 1. The van der Waals surface area contributed by atoms with Crippen LogP contribution in [0.15, 0.2) is 47.6 Å². The number of aromatic amines is 1. The van der Waals surface area contributed by atoms with Gasteiger partial charge in [0.05, 0.1) is 22.0 Å². The summed E-state index contributed by atoms with van der Waals surface area (Å²) in [7, 11) is 0. The highest BCUT2D eigenvalue weighted by Gasteiger charge is 2.50. The summed E-state index contributed by atoms with van der Waals surface area (Å²) in [5.74, 6) is -1.14. The van der Waals surface area contributed by atoms with Crippen molar-refractivity contribution >= 4 is 28.6 Å². The summed E-state index contributed by atoms with van der Waals surface area (Å²) in [5, 5.41) is 0.815. The van der Waals surface area contributed by atoms with Crippen molar-refractivity contribution in [3.63, 3.8) is 0 Å². The van der Waals surface area contributed by atoms with Crippen LogP contribution in [0.1, 0.15) is 22.9 Å². The van der Waals surface area contributed by atoms with Crippen LogP contribution in [-0.4, -0.2) is 39.2 Å². The van der Waals surface area contributed by atoms with Crippen molar-refractivity contribution in [3.05, 3.63) is 59.4 Å². The van der Waals surface area contributed by atoms with Gasteiger partial charge in [-0.25, -0.2) is 4.98 Å². The number of alkyl halides is 6. The van der Waals surface area contributed by atoms with Gasteiger partial charge in [-0.15, -0.1) is 0 Å². The van der Waals surface area contributed by atoms with Gasteiger partial charge in [0.15, 0.2) is 6.04 Å². The first-order valence-corrected chi connectivity index (χ1v) is 10.2. The van der Waals surface area contributed by atoms with Crippen molar-refractivity contribution in [2.75, 3.05) is 12.3 Å². The molecule has 1 aromatic carbocycles. The van der Waals surface area contributed by atoms with Crippen LogP contribution in [-0.2, 0) is 17.4 Å². The summed E-state index contributed by atoms with van der Waals surface area (Å²) in [6.07, 6.45) is -8.34. The highest BCUT2D eigenvalue weighted by molar-refractivity contribution is 7.99. The number of aromatic nitrogens is 2. The minimum Gasteiger partial charge on any atom is -0.356 e. The number of nitrogens with one attached hydrogen (secondary N) is 1. The number of thioether (sulfide) groups is 1. The quantitative estimate of drug-likeness (QED) is 0.424. The summed E-state index contributed by atoms with van der Waals surface area (Å²) in [6.45, 7) is -0.112. The molecule has 0 saturated carbocycles. The molecule has 31 heavy (non-hydrogen) atoms. The van der Waals surface area contributed by atoms with Crippen molar-refractivity contribution in [2.45, 2.75) is 29.8 Å². The van der Waals surface area contributed by atoms with Crippen molar-refractivity contribution in [2.24, 2.45) is 0 Å². The van der Waals surface area contributed by atoms with Crippen LogP contribution in [0.5, 0.6) is 0 Å². The smallest absolute Gasteiger partial charge is 0.356 e. The first kappa shape index (κ1) is 21.5. The largest absolute Gasteiger partial charge is 0.417 e. The molecule has 4 rings (SSSR count). The van der Waals surface area contributed by atoms with Crippen LogP contribution in [0.2, 0.25) is 0 Å². The van der Waals surface area contributed by atoms with Crippen LogP contribution < -0.4 is 0 Å². The highest BCUT2D eigenvalue weighted by Crippen LogP contribution is 2.44. The van der Waals surface area contributed by atoms with E-state index < -0.39 is 29.9 Å². The summed E-state index contributed by atoms with van der Waals surface area (Å²) in [5.41, 5.74) is 0.118. The lowest BCUT2D eigenvalue weighted by Crippen LogP contribution is -2.47. The molecule has 0 spiro atoms. The molecule has 1 aliphatic heterocycles. The number of hydrogen-bond donors (Lipinski definition) is 1. The molecule has 3 heterocycles. The predicted octanol–water partition coefficient (Wildman–Crippen LogP) is 5.36. The second-order valence-electron chi connectivity index (χ2n) is 7.02. The molecular formula is C20H15F6N3OS. The second kappa shape index (κ2) is 7.77. The average molecular weight is 459 g/mol. The van der Waals surface area contributed by atoms with Gasteiger partial charge in [-0.2, -0.15) is 26.3 Å². The maximum Gasteiger partial charge on any atom is 0.417 e. The lowest BCUT2D eigenvalue weighted by molar-refractivity contribution is -0.193. The average Bonchev–Trinajstić information content (AvgIpc) is 3.08. The van der Waals surface area contributed by atoms with E-state index >= 15 is 0 Å². The third-order valence-electron chi connectivity index (χ3n) is 5.07. The number of carbonyl (C=O) groups is 1. The molecule has 4 nitrogen and oxygen atoms in total. The van der Waals surface area contributed by atoms with E-state index in [1.54, 1.807) is 24.3 Å². The third kappa shape index (κ3) is 4.23. The van der Waals surface area contributed by atoms with E-state index in [1.165, 1.54) is 0 Å². The molecule has 0 radical (unpaired) electrons. The zero-order valence-electron chi connectivity index (χ0n) is 15.7. The number of carbonyl (C=O) groups excluding carboxylic acids is 1. The Balaban J connectivity index is 1.55. The molecule has 0 bridgehead atoms. The third-order valence-corrected chi connectivity index (χ3v) is 6.00. The lowest BCUT2D eigenvalue weighted by Gasteiger charge is -2.36. The number of pyridine rings is 1. The van der Waals surface area contributed by atoms with Gasteiger partial charge in [0.25, 0.3) is 0 Å². The molecule has 2 aromatic heterocycles. The number of fused-ring (bicyclic) bond motifs is 3. The molecule has 0 aliphatic carbocycles.